The Labute approximate surface area is 60.5 Å². The van der Waals surface area contributed by atoms with Gasteiger partial charge in [-0.1, -0.05) is 13.8 Å². The normalized spacial score (nSPS) is 17.5. The Morgan fingerprint density at radius 2 is 2.40 bits per heavy atom. The van der Waals surface area contributed by atoms with Gasteiger partial charge in [-0.15, -0.1) is 0 Å². The van der Waals surface area contributed by atoms with Crippen LogP contribution in [0.15, 0.2) is 4.99 Å². The number of hydrogen-bond acceptors (Lipinski definition) is 2. The van der Waals surface area contributed by atoms with Crippen LogP contribution in [-0.4, -0.2) is 18.3 Å². The molecule has 1 N–H and O–H groups in total. The van der Waals surface area contributed by atoms with Crippen LogP contribution in [0.4, 0.5) is 0 Å². The molecule has 10 heavy (non-hydrogen) atoms. The van der Waals surface area contributed by atoms with Gasteiger partial charge in [0.15, 0.2) is 0 Å². The van der Waals surface area contributed by atoms with Crippen LogP contribution in [0.2, 0.25) is 0 Å². The van der Waals surface area contributed by atoms with Gasteiger partial charge < -0.3 is 5.32 Å². The Hall–Kier alpha value is -0.860. The SMILES string of the molecule is CC(C)CC1=NCC(=O)N1. The topological polar surface area (TPSA) is 41.5 Å². The van der Waals surface area contributed by atoms with Crippen LogP contribution in [0.3, 0.4) is 0 Å². The zero-order valence-corrected chi connectivity index (χ0v) is 6.35. The molecule has 0 unspecified atom stereocenters. The molecule has 0 saturated heterocycles. The van der Waals surface area contributed by atoms with Gasteiger partial charge in [-0.05, 0) is 5.92 Å². The molecule has 0 atom stereocenters. The second-order valence-corrected chi connectivity index (χ2v) is 2.91. The van der Waals surface area contributed by atoms with E-state index in [1.54, 1.807) is 0 Å². The number of nitrogens with zero attached hydrogens (tertiary/aromatic N) is 1. The standard InChI is InChI=1S/C7H12N2O/c1-5(2)3-6-8-4-7(10)9-6/h5H,3-4H2,1-2H3,(H,8,9,10). The number of hydrogen-bond donors (Lipinski definition) is 1. The smallest absolute Gasteiger partial charge is 0.246 e. The summed E-state index contributed by atoms with van der Waals surface area (Å²) in [5.74, 6) is 1.44. The third-order valence-electron chi connectivity index (χ3n) is 1.30. The average Bonchev–Trinajstić information content (AvgIpc) is 2.13. The van der Waals surface area contributed by atoms with Crippen molar-refractivity contribution in [3.63, 3.8) is 0 Å². The van der Waals surface area contributed by atoms with Crippen molar-refractivity contribution >= 4 is 11.7 Å². The van der Waals surface area contributed by atoms with E-state index in [0.717, 1.165) is 12.3 Å². The van der Waals surface area contributed by atoms with Crippen molar-refractivity contribution in [3.05, 3.63) is 0 Å². The van der Waals surface area contributed by atoms with Crippen LogP contribution >= 0.6 is 0 Å². The number of carbonyl (C=O) groups is 1. The third-order valence-corrected chi connectivity index (χ3v) is 1.30. The minimum atomic E-state index is 0.0238. The molecule has 1 heterocycles. The van der Waals surface area contributed by atoms with Crippen LogP contribution in [0.1, 0.15) is 20.3 Å². The van der Waals surface area contributed by atoms with E-state index < -0.39 is 0 Å². The van der Waals surface area contributed by atoms with Crippen molar-refractivity contribution in [3.8, 4) is 0 Å². The number of amides is 1. The lowest BCUT2D eigenvalue weighted by Gasteiger charge is -2.02. The first-order valence-electron chi connectivity index (χ1n) is 3.51. The highest BCUT2D eigenvalue weighted by atomic mass is 16.2. The van der Waals surface area contributed by atoms with E-state index in [1.165, 1.54) is 0 Å². The Morgan fingerprint density at radius 3 is 2.80 bits per heavy atom. The maximum absolute atomic E-state index is 10.6. The van der Waals surface area contributed by atoms with Gasteiger partial charge in [0.05, 0.1) is 0 Å². The molecule has 0 saturated carbocycles. The predicted octanol–water partition coefficient (Wildman–Crippen LogP) is 0.561. The molecule has 0 aromatic carbocycles. The highest BCUT2D eigenvalue weighted by Crippen LogP contribution is 2.02. The number of carbonyl (C=O) groups excluding carboxylic acids is 1. The minimum absolute atomic E-state index is 0.0238. The Morgan fingerprint density at radius 1 is 1.70 bits per heavy atom. The molecule has 0 radical (unpaired) electrons. The molecule has 0 aromatic heterocycles. The minimum Gasteiger partial charge on any atom is -0.313 e. The lowest BCUT2D eigenvalue weighted by atomic mass is 10.1. The van der Waals surface area contributed by atoms with Crippen molar-refractivity contribution in [1.82, 2.24) is 5.32 Å². The number of aliphatic imine (C=N–C) groups is 1. The van der Waals surface area contributed by atoms with Crippen LogP contribution in [0.5, 0.6) is 0 Å². The van der Waals surface area contributed by atoms with E-state index in [9.17, 15) is 4.79 Å². The molecule has 3 heteroatoms. The van der Waals surface area contributed by atoms with E-state index in [-0.39, 0.29) is 5.91 Å². The summed E-state index contributed by atoms with van der Waals surface area (Å²) in [6, 6.07) is 0. The van der Waals surface area contributed by atoms with Gasteiger partial charge in [-0.2, -0.15) is 0 Å². The maximum Gasteiger partial charge on any atom is 0.246 e. The molecule has 1 aliphatic heterocycles. The van der Waals surface area contributed by atoms with E-state index in [4.69, 9.17) is 0 Å². The number of amidine groups is 1. The van der Waals surface area contributed by atoms with E-state index >= 15 is 0 Å². The van der Waals surface area contributed by atoms with Gasteiger partial charge in [-0.25, -0.2) is 0 Å². The van der Waals surface area contributed by atoms with Gasteiger partial charge in [0, 0.05) is 6.42 Å². The molecule has 1 rings (SSSR count). The quantitative estimate of drug-likeness (QED) is 0.598. The molecule has 0 spiro atoms. The lowest BCUT2D eigenvalue weighted by molar-refractivity contribution is -0.117. The fraction of sp³-hybridized carbons (Fsp3) is 0.714. The van der Waals surface area contributed by atoms with E-state index in [2.05, 4.69) is 24.2 Å². The summed E-state index contributed by atoms with van der Waals surface area (Å²) < 4.78 is 0. The Balaban J connectivity index is 2.37. The number of rotatable bonds is 2. The summed E-state index contributed by atoms with van der Waals surface area (Å²) in [5, 5.41) is 2.70. The van der Waals surface area contributed by atoms with Crippen molar-refractivity contribution < 1.29 is 4.79 Å². The van der Waals surface area contributed by atoms with Crippen molar-refractivity contribution in [2.24, 2.45) is 10.9 Å². The molecule has 3 nitrogen and oxygen atoms in total. The zero-order chi connectivity index (χ0) is 7.56. The number of nitrogens with one attached hydrogen (secondary N) is 1. The van der Waals surface area contributed by atoms with Crippen LogP contribution in [-0.2, 0) is 4.79 Å². The molecule has 56 valence electrons. The first-order chi connectivity index (χ1) is 4.68. The largest absolute Gasteiger partial charge is 0.313 e. The molecular formula is C7H12N2O. The van der Waals surface area contributed by atoms with Crippen molar-refractivity contribution in [2.75, 3.05) is 6.54 Å². The third kappa shape index (κ3) is 1.83. The molecule has 1 aliphatic rings. The Bertz CT molecular complexity index is 172. The Kier molecular flexibility index (Phi) is 2.04. The predicted molar refractivity (Wildman–Crippen MR) is 39.9 cm³/mol. The fourth-order valence-electron chi connectivity index (χ4n) is 0.910. The van der Waals surface area contributed by atoms with Gasteiger partial charge in [0.25, 0.3) is 0 Å². The van der Waals surface area contributed by atoms with Crippen LogP contribution in [0, 0.1) is 5.92 Å². The summed E-state index contributed by atoms with van der Waals surface area (Å²) in [7, 11) is 0. The fourth-order valence-corrected chi connectivity index (χ4v) is 0.910. The molecule has 0 aromatic rings. The summed E-state index contributed by atoms with van der Waals surface area (Å²) in [4.78, 5) is 14.6. The second-order valence-electron chi connectivity index (χ2n) is 2.91. The summed E-state index contributed by atoms with van der Waals surface area (Å²) in [5.41, 5.74) is 0. The monoisotopic (exact) mass is 140 g/mol. The highest BCUT2D eigenvalue weighted by Gasteiger charge is 2.13. The molecule has 1 amide bonds. The van der Waals surface area contributed by atoms with Gasteiger partial charge in [0.2, 0.25) is 5.91 Å². The van der Waals surface area contributed by atoms with Gasteiger partial charge in [0.1, 0.15) is 12.4 Å². The summed E-state index contributed by atoms with van der Waals surface area (Å²) >= 11 is 0. The highest BCUT2D eigenvalue weighted by molar-refractivity contribution is 6.03. The van der Waals surface area contributed by atoms with Gasteiger partial charge >= 0.3 is 0 Å². The van der Waals surface area contributed by atoms with Crippen LogP contribution < -0.4 is 5.32 Å². The average molecular weight is 140 g/mol. The van der Waals surface area contributed by atoms with Gasteiger partial charge in [-0.3, -0.25) is 9.79 Å². The summed E-state index contributed by atoms with van der Waals surface area (Å²) in [6.07, 6.45) is 0.881. The first-order valence-corrected chi connectivity index (χ1v) is 3.51. The van der Waals surface area contributed by atoms with Crippen molar-refractivity contribution in [2.45, 2.75) is 20.3 Å². The maximum atomic E-state index is 10.6. The molecular weight excluding hydrogens is 128 g/mol. The molecule has 0 fully saturated rings. The van der Waals surface area contributed by atoms with E-state index in [0.29, 0.717) is 12.5 Å². The molecule has 0 aliphatic carbocycles. The second kappa shape index (κ2) is 2.82. The van der Waals surface area contributed by atoms with Crippen LogP contribution in [0.25, 0.3) is 0 Å². The zero-order valence-electron chi connectivity index (χ0n) is 6.35. The first kappa shape index (κ1) is 7.25. The van der Waals surface area contributed by atoms with E-state index in [1.807, 2.05) is 0 Å². The summed E-state index contributed by atoms with van der Waals surface area (Å²) in [6.45, 7) is 4.53. The van der Waals surface area contributed by atoms with Crippen molar-refractivity contribution in [1.29, 1.82) is 0 Å². The lowest BCUT2D eigenvalue weighted by Crippen LogP contribution is -2.25. The molecule has 0 bridgehead atoms.